The Morgan fingerprint density at radius 2 is 1.87 bits per heavy atom. The molecule has 4 rings (SSSR count). The van der Waals surface area contributed by atoms with Gasteiger partial charge in [0.2, 0.25) is 0 Å². The van der Waals surface area contributed by atoms with Gasteiger partial charge in [0, 0.05) is 36.0 Å². The zero-order valence-electron chi connectivity index (χ0n) is 22.4. The monoisotopic (exact) mass is 531 g/mol. The van der Waals surface area contributed by atoms with E-state index in [1.807, 2.05) is 13.8 Å². The van der Waals surface area contributed by atoms with Crippen molar-refractivity contribution in [3.8, 4) is 11.5 Å². The second kappa shape index (κ2) is 11.5. The molecule has 2 bridgehead atoms. The number of esters is 1. The number of phenolic OH excluding ortho intramolecular Hbond substituents is 1. The summed E-state index contributed by atoms with van der Waals surface area (Å²) < 4.78 is 5.59. The molecule has 2 N–H and O–H groups in total. The maximum Gasteiger partial charge on any atom is 0.336 e. The van der Waals surface area contributed by atoms with Gasteiger partial charge in [0.05, 0.1) is 6.61 Å². The first kappa shape index (κ1) is 29.1. The zero-order valence-corrected chi connectivity index (χ0v) is 22.4. The molecule has 10 heteroatoms. The molecule has 0 aliphatic heterocycles. The largest absolute Gasteiger partial charge is 0.508 e. The van der Waals surface area contributed by atoms with Crippen LogP contribution in [0.25, 0.3) is 0 Å². The lowest BCUT2D eigenvalue weighted by Crippen LogP contribution is -2.56. The Bertz CT molecular complexity index is 1120. The molecule has 10 nitrogen and oxygen atoms in total. The molecule has 0 aromatic heterocycles. The average molecular weight is 532 g/mol. The van der Waals surface area contributed by atoms with E-state index >= 15 is 0 Å². The van der Waals surface area contributed by atoms with E-state index in [-0.39, 0.29) is 53.5 Å². The van der Waals surface area contributed by atoms with Gasteiger partial charge >= 0.3 is 11.9 Å². The number of fused-ring (bicyclic) bond motifs is 2. The maximum absolute atomic E-state index is 12.8. The van der Waals surface area contributed by atoms with E-state index in [1.54, 1.807) is 12.1 Å². The third-order valence-corrected chi connectivity index (χ3v) is 8.38. The van der Waals surface area contributed by atoms with Crippen molar-refractivity contribution in [3.05, 3.63) is 45.5 Å². The van der Waals surface area contributed by atoms with Crippen molar-refractivity contribution < 1.29 is 39.3 Å². The van der Waals surface area contributed by atoms with E-state index in [9.17, 15) is 29.6 Å². The minimum Gasteiger partial charge on any atom is -0.508 e. The van der Waals surface area contributed by atoms with Gasteiger partial charge in [-0.15, -0.1) is 10.1 Å². The van der Waals surface area contributed by atoms with Crippen LogP contribution in [-0.4, -0.2) is 39.6 Å². The second-order valence-electron chi connectivity index (χ2n) is 11.6. The van der Waals surface area contributed by atoms with Crippen LogP contribution < -0.4 is 4.74 Å². The Hall–Kier alpha value is -3.43. The van der Waals surface area contributed by atoms with Crippen LogP contribution in [0.1, 0.15) is 89.7 Å². The predicted molar refractivity (Wildman–Crippen MR) is 137 cm³/mol. The van der Waals surface area contributed by atoms with Gasteiger partial charge < -0.3 is 19.8 Å². The molecule has 1 aromatic carbocycles. The molecule has 0 unspecified atom stereocenters. The number of phenols is 1. The number of hydrogen-bond acceptors (Lipinski definition) is 8. The van der Waals surface area contributed by atoms with Gasteiger partial charge in [-0.3, -0.25) is 4.79 Å². The third kappa shape index (κ3) is 6.52. The SMILES string of the molecule is CC(C)(CCCCCCO[N+](=O)[O-])c1cc(O)c([C@H]2CC(=O)[C@H]3C[C@H]2C3(C)C)c(OC(=O)/C=C\C(=O)O)c1. The van der Waals surface area contributed by atoms with Crippen molar-refractivity contribution in [1.29, 1.82) is 0 Å². The molecular formula is C28H37NO9. The van der Waals surface area contributed by atoms with E-state index in [0.29, 0.717) is 18.1 Å². The number of carbonyl (C=O) groups excluding carboxylic acids is 2. The number of unbranched alkanes of at least 4 members (excludes halogenated alkanes) is 3. The molecule has 3 fully saturated rings. The topological polar surface area (TPSA) is 153 Å². The molecule has 208 valence electrons. The van der Waals surface area contributed by atoms with Crippen LogP contribution in [-0.2, 0) is 24.6 Å². The fraction of sp³-hybridized carbons (Fsp3) is 0.607. The lowest BCUT2D eigenvalue weighted by molar-refractivity contribution is -0.757. The second-order valence-corrected chi connectivity index (χ2v) is 11.6. The Kier molecular flexibility index (Phi) is 8.84. The number of nitrogens with zero attached hydrogens (tertiary/aromatic N) is 1. The highest BCUT2D eigenvalue weighted by Gasteiger charge is 2.59. The third-order valence-electron chi connectivity index (χ3n) is 8.38. The number of rotatable bonds is 13. The Morgan fingerprint density at radius 1 is 1.18 bits per heavy atom. The predicted octanol–water partition coefficient (Wildman–Crippen LogP) is 5.09. The normalized spacial score (nSPS) is 22.1. The van der Waals surface area contributed by atoms with Crippen LogP contribution in [0.2, 0.25) is 0 Å². The smallest absolute Gasteiger partial charge is 0.336 e. The van der Waals surface area contributed by atoms with Crippen molar-refractivity contribution in [1.82, 2.24) is 0 Å². The fourth-order valence-electron chi connectivity index (χ4n) is 6.04. The molecule has 1 aromatic rings. The minimum atomic E-state index is -1.29. The quantitative estimate of drug-likeness (QED) is 0.0884. The number of hydrogen-bond donors (Lipinski definition) is 2. The number of ether oxygens (including phenoxy) is 1. The van der Waals surface area contributed by atoms with Gasteiger partial charge in [-0.1, -0.05) is 47.0 Å². The van der Waals surface area contributed by atoms with Gasteiger partial charge in [0.15, 0.2) is 0 Å². The molecule has 0 saturated heterocycles. The average Bonchev–Trinajstić information content (AvgIpc) is 2.80. The number of aromatic hydroxyl groups is 1. The Morgan fingerprint density at radius 3 is 2.47 bits per heavy atom. The summed E-state index contributed by atoms with van der Waals surface area (Å²) in [6.07, 6.45) is 6.27. The maximum atomic E-state index is 12.8. The highest BCUT2D eigenvalue weighted by Crippen LogP contribution is 2.64. The zero-order chi connectivity index (χ0) is 28.3. The van der Waals surface area contributed by atoms with E-state index in [4.69, 9.17) is 9.84 Å². The van der Waals surface area contributed by atoms with Crippen LogP contribution in [0.5, 0.6) is 11.5 Å². The molecule has 0 spiro atoms. The first-order chi connectivity index (χ1) is 17.7. The van der Waals surface area contributed by atoms with Gasteiger partial charge in [0.1, 0.15) is 17.3 Å². The first-order valence-corrected chi connectivity index (χ1v) is 13.0. The van der Waals surface area contributed by atoms with Crippen molar-refractivity contribution in [3.63, 3.8) is 0 Å². The van der Waals surface area contributed by atoms with Crippen LogP contribution in [0.15, 0.2) is 24.3 Å². The number of Topliss-reactive ketones (excluding diaryl/α,β-unsaturated/α-hetero) is 1. The number of ketones is 1. The number of carboxylic acids is 1. The van der Waals surface area contributed by atoms with E-state index in [2.05, 4.69) is 18.7 Å². The summed E-state index contributed by atoms with van der Waals surface area (Å²) in [5.41, 5.74) is 0.527. The summed E-state index contributed by atoms with van der Waals surface area (Å²) in [4.78, 5) is 50.7. The molecule has 0 amide bonds. The lowest BCUT2D eigenvalue weighted by Gasteiger charge is -2.59. The van der Waals surface area contributed by atoms with Crippen molar-refractivity contribution in [2.24, 2.45) is 17.3 Å². The van der Waals surface area contributed by atoms with Gasteiger partial charge in [0.25, 0.3) is 5.09 Å². The van der Waals surface area contributed by atoms with E-state index < -0.39 is 22.4 Å². The van der Waals surface area contributed by atoms with Crippen LogP contribution in [0, 0.1) is 27.4 Å². The summed E-state index contributed by atoms with van der Waals surface area (Å²) in [5.74, 6) is -2.11. The summed E-state index contributed by atoms with van der Waals surface area (Å²) in [7, 11) is 0. The van der Waals surface area contributed by atoms with Crippen molar-refractivity contribution >= 4 is 17.7 Å². The van der Waals surface area contributed by atoms with E-state index in [0.717, 1.165) is 43.7 Å². The summed E-state index contributed by atoms with van der Waals surface area (Å²) in [6.45, 7) is 8.19. The lowest BCUT2D eigenvalue weighted by atomic mass is 9.44. The molecule has 3 aliphatic rings. The summed E-state index contributed by atoms with van der Waals surface area (Å²) >= 11 is 0. The molecule has 3 atom stereocenters. The van der Waals surface area contributed by atoms with Crippen LogP contribution >= 0.6 is 0 Å². The molecule has 0 radical (unpaired) electrons. The molecular weight excluding hydrogens is 494 g/mol. The highest BCUT2D eigenvalue weighted by molar-refractivity contribution is 5.92. The molecule has 0 heterocycles. The van der Waals surface area contributed by atoms with Gasteiger partial charge in [-0.2, -0.15) is 0 Å². The van der Waals surface area contributed by atoms with Gasteiger partial charge in [-0.05, 0) is 53.7 Å². The summed E-state index contributed by atoms with van der Waals surface area (Å²) in [5, 5.41) is 29.6. The van der Waals surface area contributed by atoms with Gasteiger partial charge in [-0.25, -0.2) is 9.59 Å². The molecule has 38 heavy (non-hydrogen) atoms. The fourth-order valence-corrected chi connectivity index (χ4v) is 6.04. The minimum absolute atomic E-state index is 0.000268. The van der Waals surface area contributed by atoms with Crippen molar-refractivity contribution in [2.75, 3.05) is 6.61 Å². The number of benzene rings is 1. The number of carboxylic acid groups (broad SMARTS) is 1. The first-order valence-electron chi connectivity index (χ1n) is 13.0. The number of aliphatic carboxylic acids is 1. The number of carbonyl (C=O) groups is 3. The standard InChI is InChI=1S/C28H37NO9/c1-27(2,11-7-5-6-8-12-37-29(35)36)17-13-22(31)26(23(14-17)38-25(34)10-9-24(32)33)18-15-21(30)20-16-19(18)28(20,3)4/h9-10,13-14,18-20,31H,5-8,11-12,15-16H2,1-4H3,(H,32,33)/b10-9-/t18-,19+,20+/m0/s1. The van der Waals surface area contributed by atoms with Crippen molar-refractivity contribution in [2.45, 2.75) is 84.0 Å². The van der Waals surface area contributed by atoms with Crippen LogP contribution in [0.4, 0.5) is 0 Å². The Balaban J connectivity index is 1.84. The molecule has 3 aliphatic carbocycles. The van der Waals surface area contributed by atoms with E-state index in [1.165, 1.54) is 0 Å². The van der Waals surface area contributed by atoms with Crippen LogP contribution in [0.3, 0.4) is 0 Å². The highest BCUT2D eigenvalue weighted by atomic mass is 16.9. The molecule has 3 saturated carbocycles. The summed E-state index contributed by atoms with van der Waals surface area (Å²) in [6, 6.07) is 3.39. The Labute approximate surface area is 222 Å².